The van der Waals surface area contributed by atoms with Crippen LogP contribution in [0.5, 0.6) is 0 Å². The minimum absolute atomic E-state index is 0. The normalized spacial score (nSPS) is 10.8. The molecule has 0 spiro atoms. The van der Waals surface area contributed by atoms with Gasteiger partial charge in [-0.1, -0.05) is 39.0 Å². The van der Waals surface area contributed by atoms with E-state index in [0.29, 0.717) is 0 Å². The van der Waals surface area contributed by atoms with Gasteiger partial charge in [0, 0.05) is 18.3 Å². The number of pyridine rings is 1. The highest BCUT2D eigenvalue weighted by molar-refractivity contribution is 5.85. The van der Waals surface area contributed by atoms with Crippen molar-refractivity contribution in [3.8, 4) is 11.3 Å². The molecule has 3 rings (SSSR count). The first-order valence-corrected chi connectivity index (χ1v) is 9.04. The summed E-state index contributed by atoms with van der Waals surface area (Å²) in [5.74, 6) is 1.06. The third-order valence-electron chi connectivity index (χ3n) is 4.40. The van der Waals surface area contributed by atoms with Crippen LogP contribution in [0.4, 0.5) is 5.82 Å². The van der Waals surface area contributed by atoms with E-state index in [1.54, 1.807) is 12.5 Å². The monoisotopic (exact) mass is 361 g/mol. The van der Waals surface area contributed by atoms with E-state index in [0.717, 1.165) is 29.3 Å². The number of anilines is 1. The van der Waals surface area contributed by atoms with Crippen molar-refractivity contribution >= 4 is 23.9 Å². The first-order chi connectivity index (χ1) is 11.8. The Morgan fingerprint density at radius 2 is 1.92 bits per heavy atom. The molecular weight excluding hydrogens is 334 g/mol. The van der Waals surface area contributed by atoms with Gasteiger partial charge in [-0.25, -0.2) is 4.98 Å². The van der Waals surface area contributed by atoms with Gasteiger partial charge in [0.15, 0.2) is 0 Å². The number of hydrogen-bond acceptors (Lipinski definition) is 3. The van der Waals surface area contributed by atoms with E-state index in [-0.39, 0.29) is 12.4 Å². The molecule has 4 nitrogen and oxygen atoms in total. The number of furan rings is 1. The van der Waals surface area contributed by atoms with E-state index in [1.165, 1.54) is 44.1 Å². The number of rotatable bonds is 9. The van der Waals surface area contributed by atoms with E-state index < -0.39 is 0 Å². The average Bonchev–Trinajstić information content (AvgIpc) is 3.21. The highest BCUT2D eigenvalue weighted by atomic mass is 35.5. The maximum Gasteiger partial charge on any atom is 0.139 e. The van der Waals surface area contributed by atoms with E-state index in [4.69, 9.17) is 9.40 Å². The van der Waals surface area contributed by atoms with Gasteiger partial charge in [-0.05, 0) is 37.1 Å². The Morgan fingerprint density at radius 1 is 1.12 bits per heavy atom. The van der Waals surface area contributed by atoms with E-state index in [9.17, 15) is 0 Å². The van der Waals surface area contributed by atoms with Crippen molar-refractivity contribution in [2.45, 2.75) is 52.4 Å². The van der Waals surface area contributed by atoms with Crippen molar-refractivity contribution in [2.75, 3.05) is 11.9 Å². The Morgan fingerprint density at radius 3 is 2.68 bits per heavy atom. The van der Waals surface area contributed by atoms with E-state index in [2.05, 4.69) is 41.9 Å². The SMILES string of the molecule is CCCCCCCCNc1c(-c2ccoc2)nc2cc(C)ccn12.Cl. The molecule has 0 saturated heterocycles. The number of hydrogen-bond donors (Lipinski definition) is 1. The molecule has 136 valence electrons. The lowest BCUT2D eigenvalue weighted by Crippen LogP contribution is -2.05. The quantitative estimate of drug-likeness (QED) is 0.468. The molecule has 25 heavy (non-hydrogen) atoms. The van der Waals surface area contributed by atoms with Crippen molar-refractivity contribution < 1.29 is 4.42 Å². The van der Waals surface area contributed by atoms with Gasteiger partial charge >= 0.3 is 0 Å². The summed E-state index contributed by atoms with van der Waals surface area (Å²) >= 11 is 0. The Kier molecular flexibility index (Phi) is 7.38. The Bertz CT molecular complexity index is 765. The van der Waals surface area contributed by atoms with Gasteiger partial charge in [0.2, 0.25) is 0 Å². The maximum absolute atomic E-state index is 5.25. The average molecular weight is 362 g/mol. The van der Waals surface area contributed by atoms with Crippen LogP contribution in [0.25, 0.3) is 16.9 Å². The molecule has 0 bridgehead atoms. The number of imidazole rings is 1. The number of aryl methyl sites for hydroxylation is 1. The molecule has 0 aliphatic rings. The van der Waals surface area contributed by atoms with Crippen molar-refractivity contribution in [1.82, 2.24) is 9.38 Å². The summed E-state index contributed by atoms with van der Waals surface area (Å²) in [7, 11) is 0. The van der Waals surface area contributed by atoms with Crippen LogP contribution >= 0.6 is 12.4 Å². The van der Waals surface area contributed by atoms with Crippen molar-refractivity contribution in [3.05, 3.63) is 42.5 Å². The van der Waals surface area contributed by atoms with Crippen LogP contribution in [0, 0.1) is 6.92 Å². The molecule has 1 N–H and O–H groups in total. The minimum Gasteiger partial charge on any atom is -0.472 e. The van der Waals surface area contributed by atoms with Crippen LogP contribution in [0.1, 0.15) is 51.0 Å². The van der Waals surface area contributed by atoms with E-state index >= 15 is 0 Å². The van der Waals surface area contributed by atoms with Gasteiger partial charge < -0.3 is 9.73 Å². The van der Waals surface area contributed by atoms with Crippen LogP contribution in [0.2, 0.25) is 0 Å². The summed E-state index contributed by atoms with van der Waals surface area (Å²) in [5.41, 5.74) is 4.16. The zero-order valence-electron chi connectivity index (χ0n) is 15.1. The molecule has 0 aliphatic carbocycles. The number of aromatic nitrogens is 2. The van der Waals surface area contributed by atoms with Crippen LogP contribution in [0.15, 0.2) is 41.3 Å². The standard InChI is InChI=1S/C20H27N3O.ClH/c1-3-4-5-6-7-8-11-21-20-19(17-10-13-24-15-17)22-18-14-16(2)9-12-23(18)20;/h9-10,12-15,21H,3-8,11H2,1-2H3;1H. The van der Waals surface area contributed by atoms with Crippen LogP contribution < -0.4 is 5.32 Å². The maximum atomic E-state index is 5.25. The predicted octanol–water partition coefficient (Wildman–Crippen LogP) is 6.10. The molecule has 3 aromatic heterocycles. The lowest BCUT2D eigenvalue weighted by Gasteiger charge is -2.08. The predicted molar refractivity (Wildman–Crippen MR) is 107 cm³/mol. The van der Waals surface area contributed by atoms with Crippen LogP contribution in [0.3, 0.4) is 0 Å². The summed E-state index contributed by atoms with van der Waals surface area (Å²) in [5, 5.41) is 3.59. The molecular formula is C20H28ClN3O. The third kappa shape index (κ3) is 4.79. The molecule has 3 aromatic rings. The second-order valence-corrected chi connectivity index (χ2v) is 6.45. The first kappa shape index (κ1) is 19.4. The lowest BCUT2D eigenvalue weighted by molar-refractivity contribution is 0.568. The highest BCUT2D eigenvalue weighted by Crippen LogP contribution is 2.29. The lowest BCUT2D eigenvalue weighted by atomic mass is 10.1. The molecule has 3 heterocycles. The van der Waals surface area contributed by atoms with Gasteiger partial charge in [-0.2, -0.15) is 0 Å². The van der Waals surface area contributed by atoms with Crippen LogP contribution in [-0.2, 0) is 0 Å². The second-order valence-electron chi connectivity index (χ2n) is 6.45. The molecule has 0 amide bonds. The molecule has 0 fully saturated rings. The Labute approximate surface area is 156 Å². The summed E-state index contributed by atoms with van der Waals surface area (Å²) in [6.07, 6.45) is 13.3. The Balaban J connectivity index is 0.00000225. The zero-order valence-corrected chi connectivity index (χ0v) is 15.9. The molecule has 0 aromatic carbocycles. The molecule has 0 unspecified atom stereocenters. The Hall–Kier alpha value is -1.94. The number of fused-ring (bicyclic) bond motifs is 1. The fourth-order valence-corrected chi connectivity index (χ4v) is 3.03. The van der Waals surface area contributed by atoms with Gasteiger partial charge in [-0.3, -0.25) is 4.40 Å². The third-order valence-corrected chi connectivity index (χ3v) is 4.40. The number of unbranched alkanes of at least 4 members (excludes halogenated alkanes) is 5. The smallest absolute Gasteiger partial charge is 0.139 e. The molecule has 0 saturated carbocycles. The minimum atomic E-state index is 0. The molecule has 0 radical (unpaired) electrons. The summed E-state index contributed by atoms with van der Waals surface area (Å²) < 4.78 is 7.38. The number of nitrogens with one attached hydrogen (secondary N) is 1. The summed E-state index contributed by atoms with van der Waals surface area (Å²) in [6.45, 7) is 5.32. The number of nitrogens with zero attached hydrogens (tertiary/aromatic N) is 2. The van der Waals surface area contributed by atoms with Gasteiger partial charge in [-0.15, -0.1) is 12.4 Å². The fraction of sp³-hybridized carbons (Fsp3) is 0.450. The van der Waals surface area contributed by atoms with Crippen molar-refractivity contribution in [2.24, 2.45) is 0 Å². The molecule has 0 atom stereocenters. The topological polar surface area (TPSA) is 42.5 Å². The highest BCUT2D eigenvalue weighted by Gasteiger charge is 2.14. The van der Waals surface area contributed by atoms with E-state index in [1.807, 2.05) is 6.07 Å². The molecule has 0 aliphatic heterocycles. The second kappa shape index (κ2) is 9.52. The van der Waals surface area contributed by atoms with Gasteiger partial charge in [0.25, 0.3) is 0 Å². The van der Waals surface area contributed by atoms with Crippen molar-refractivity contribution in [1.29, 1.82) is 0 Å². The largest absolute Gasteiger partial charge is 0.472 e. The van der Waals surface area contributed by atoms with Gasteiger partial charge in [0.1, 0.15) is 17.2 Å². The fourth-order valence-electron chi connectivity index (χ4n) is 3.03. The van der Waals surface area contributed by atoms with Gasteiger partial charge in [0.05, 0.1) is 12.5 Å². The summed E-state index contributed by atoms with van der Waals surface area (Å²) in [6, 6.07) is 6.19. The van der Waals surface area contributed by atoms with Crippen LogP contribution in [-0.4, -0.2) is 15.9 Å². The zero-order chi connectivity index (χ0) is 16.8. The first-order valence-electron chi connectivity index (χ1n) is 9.04. The molecule has 5 heteroatoms. The summed E-state index contributed by atoms with van der Waals surface area (Å²) in [4.78, 5) is 4.80. The number of halogens is 1. The van der Waals surface area contributed by atoms with Crippen molar-refractivity contribution in [3.63, 3.8) is 0 Å².